The zero-order chi connectivity index (χ0) is 24.0. The molecular weight excluding hydrogens is 477 g/mol. The number of halogens is 1. The summed E-state index contributed by atoms with van der Waals surface area (Å²) in [5.74, 6) is 0.190. The number of piperidine rings is 1. The minimum Gasteiger partial charge on any atom is -0.390 e. The Bertz CT molecular complexity index is 1320. The fourth-order valence-electron chi connectivity index (χ4n) is 5.13. The molecule has 2 atom stereocenters. The summed E-state index contributed by atoms with van der Waals surface area (Å²) in [6.45, 7) is 3.28. The molecule has 1 saturated heterocycles. The summed E-state index contributed by atoms with van der Waals surface area (Å²) in [5, 5.41) is 15.2. The third kappa shape index (κ3) is 4.25. The van der Waals surface area contributed by atoms with Crippen LogP contribution < -0.4 is 5.32 Å². The fourth-order valence-corrected chi connectivity index (χ4v) is 7.32. The van der Waals surface area contributed by atoms with Gasteiger partial charge in [-0.2, -0.15) is 0 Å². The quantitative estimate of drug-likeness (QED) is 0.314. The maximum atomic E-state index is 15.5. The van der Waals surface area contributed by atoms with Crippen LogP contribution in [-0.2, 0) is 5.67 Å². The Morgan fingerprint density at radius 3 is 2.37 bits per heavy atom. The molecule has 0 spiro atoms. The molecule has 35 heavy (non-hydrogen) atoms. The predicted octanol–water partition coefficient (Wildman–Crippen LogP) is 6.78. The normalized spacial score (nSPS) is 23.7. The van der Waals surface area contributed by atoms with Crippen molar-refractivity contribution in [2.75, 3.05) is 13.1 Å². The molecule has 2 fully saturated rings. The van der Waals surface area contributed by atoms with Gasteiger partial charge >= 0.3 is 0 Å². The lowest BCUT2D eigenvalue weighted by atomic mass is 9.67. The summed E-state index contributed by atoms with van der Waals surface area (Å²) >= 11 is 3.06. The molecular formula is C28H28FN3OS2. The van der Waals surface area contributed by atoms with Crippen LogP contribution in [0.1, 0.15) is 49.1 Å². The van der Waals surface area contributed by atoms with Gasteiger partial charge in [0.15, 0.2) is 5.67 Å². The molecule has 1 saturated carbocycles. The molecule has 6 rings (SSSR count). The van der Waals surface area contributed by atoms with Crippen molar-refractivity contribution in [2.24, 2.45) is 0 Å². The van der Waals surface area contributed by atoms with Crippen LogP contribution in [0.4, 0.5) is 4.39 Å². The van der Waals surface area contributed by atoms with E-state index in [0.717, 1.165) is 44.4 Å². The lowest BCUT2D eigenvalue weighted by Crippen LogP contribution is -2.42. The topological polar surface area (TPSA) is 58.0 Å². The Kier molecular flexibility index (Phi) is 5.84. The van der Waals surface area contributed by atoms with E-state index < -0.39 is 11.3 Å². The first kappa shape index (κ1) is 23.0. The van der Waals surface area contributed by atoms with E-state index in [4.69, 9.17) is 4.98 Å². The van der Waals surface area contributed by atoms with Crippen LogP contribution >= 0.6 is 22.7 Å². The van der Waals surface area contributed by atoms with Crippen molar-refractivity contribution in [2.45, 2.75) is 49.8 Å². The number of alkyl halides is 1. The average Bonchev–Trinajstić information content (AvgIpc) is 3.53. The number of nitrogens with one attached hydrogen (secondary N) is 1. The monoisotopic (exact) mass is 505 g/mol. The van der Waals surface area contributed by atoms with Crippen molar-refractivity contribution in [1.29, 1.82) is 0 Å². The van der Waals surface area contributed by atoms with Crippen molar-refractivity contribution >= 4 is 22.7 Å². The van der Waals surface area contributed by atoms with Gasteiger partial charge in [0.05, 0.1) is 21.0 Å². The summed E-state index contributed by atoms with van der Waals surface area (Å²) < 4.78 is 15.5. The first-order chi connectivity index (χ1) is 16.9. The SMILES string of the molecule is CC1(O)CCC1c1ccc(-c2nc(-c3cnc(C4(F)CCNCC4)s3)sc2-c2ccccc2)cc1. The summed E-state index contributed by atoms with van der Waals surface area (Å²) in [6, 6.07) is 18.8. The highest BCUT2D eigenvalue weighted by Gasteiger charge is 2.41. The van der Waals surface area contributed by atoms with Crippen LogP contribution in [0.5, 0.6) is 0 Å². The standard InChI is InChI=1S/C28H28FN3OS2/c1-27(33)12-11-21(27)18-7-9-19(10-8-18)23-24(20-5-3-2-4-6-20)35-25(32-23)22-17-31-26(34-22)28(29)13-15-30-16-14-28/h2-10,17,21,30,33H,11-16H2,1H3. The molecule has 4 nitrogen and oxygen atoms in total. The van der Waals surface area contributed by atoms with E-state index in [9.17, 15) is 5.11 Å². The molecule has 0 amide bonds. The van der Waals surface area contributed by atoms with Gasteiger partial charge in [0.2, 0.25) is 0 Å². The van der Waals surface area contributed by atoms with Crippen LogP contribution in [0.15, 0.2) is 60.8 Å². The third-order valence-electron chi connectivity index (χ3n) is 7.44. The zero-order valence-corrected chi connectivity index (χ0v) is 21.3. The molecule has 0 bridgehead atoms. The van der Waals surface area contributed by atoms with E-state index >= 15 is 4.39 Å². The summed E-state index contributed by atoms with van der Waals surface area (Å²) in [5.41, 5.74) is 2.28. The van der Waals surface area contributed by atoms with Crippen molar-refractivity contribution in [3.05, 3.63) is 71.4 Å². The van der Waals surface area contributed by atoms with Crippen molar-refractivity contribution in [3.63, 3.8) is 0 Å². The number of thiazole rings is 2. The Morgan fingerprint density at radius 2 is 1.71 bits per heavy atom. The molecule has 180 valence electrons. The minimum atomic E-state index is -1.35. The largest absolute Gasteiger partial charge is 0.390 e. The Hall–Kier alpha value is -2.45. The van der Waals surface area contributed by atoms with Crippen LogP contribution in [0, 0.1) is 0 Å². The molecule has 3 heterocycles. The lowest BCUT2D eigenvalue weighted by molar-refractivity contribution is -0.0405. The highest BCUT2D eigenvalue weighted by Crippen LogP contribution is 2.47. The molecule has 4 aromatic rings. The highest BCUT2D eigenvalue weighted by molar-refractivity contribution is 7.23. The van der Waals surface area contributed by atoms with E-state index in [2.05, 4.69) is 46.7 Å². The van der Waals surface area contributed by atoms with Gasteiger partial charge in [-0.25, -0.2) is 14.4 Å². The maximum absolute atomic E-state index is 15.5. The number of rotatable bonds is 5. The van der Waals surface area contributed by atoms with E-state index in [1.165, 1.54) is 16.9 Å². The van der Waals surface area contributed by atoms with Crippen LogP contribution in [-0.4, -0.2) is 33.8 Å². The second-order valence-electron chi connectivity index (χ2n) is 9.88. The minimum absolute atomic E-state index is 0.190. The molecule has 2 aliphatic rings. The van der Waals surface area contributed by atoms with Crippen LogP contribution in [0.25, 0.3) is 31.6 Å². The predicted molar refractivity (Wildman–Crippen MR) is 142 cm³/mol. The molecule has 2 aromatic carbocycles. The molecule has 1 aliphatic heterocycles. The Balaban J connectivity index is 1.37. The van der Waals surface area contributed by atoms with E-state index in [-0.39, 0.29) is 5.92 Å². The van der Waals surface area contributed by atoms with Crippen molar-refractivity contribution in [3.8, 4) is 31.6 Å². The second kappa shape index (κ2) is 8.89. The van der Waals surface area contributed by atoms with Crippen molar-refractivity contribution < 1.29 is 9.50 Å². The highest BCUT2D eigenvalue weighted by atomic mass is 32.1. The van der Waals surface area contributed by atoms with E-state index in [1.807, 2.05) is 25.1 Å². The number of aliphatic hydroxyl groups is 1. The van der Waals surface area contributed by atoms with Gasteiger partial charge in [-0.1, -0.05) is 54.6 Å². The number of aromatic nitrogens is 2. The van der Waals surface area contributed by atoms with E-state index in [0.29, 0.717) is 30.9 Å². The number of benzene rings is 2. The maximum Gasteiger partial charge on any atom is 0.164 e. The van der Waals surface area contributed by atoms with Gasteiger partial charge in [0.25, 0.3) is 0 Å². The van der Waals surface area contributed by atoms with Gasteiger partial charge < -0.3 is 10.4 Å². The van der Waals surface area contributed by atoms with Crippen LogP contribution in [0.3, 0.4) is 0 Å². The smallest absolute Gasteiger partial charge is 0.164 e. The van der Waals surface area contributed by atoms with Crippen molar-refractivity contribution in [1.82, 2.24) is 15.3 Å². The van der Waals surface area contributed by atoms with E-state index in [1.54, 1.807) is 17.5 Å². The van der Waals surface area contributed by atoms with Crippen LogP contribution in [0.2, 0.25) is 0 Å². The fraction of sp³-hybridized carbons (Fsp3) is 0.357. The molecule has 0 radical (unpaired) electrons. The molecule has 2 unspecified atom stereocenters. The van der Waals surface area contributed by atoms with Gasteiger partial charge in [0, 0.05) is 30.5 Å². The first-order valence-electron chi connectivity index (χ1n) is 12.2. The van der Waals surface area contributed by atoms with Gasteiger partial charge in [-0.15, -0.1) is 22.7 Å². The Morgan fingerprint density at radius 1 is 0.971 bits per heavy atom. The number of nitrogens with zero attached hydrogens (tertiary/aromatic N) is 2. The number of hydrogen-bond acceptors (Lipinski definition) is 6. The second-order valence-corrected chi connectivity index (χ2v) is 11.9. The lowest BCUT2D eigenvalue weighted by Gasteiger charge is -2.43. The van der Waals surface area contributed by atoms with Gasteiger partial charge in [0.1, 0.15) is 10.0 Å². The molecule has 2 aromatic heterocycles. The number of hydrogen-bond donors (Lipinski definition) is 2. The average molecular weight is 506 g/mol. The summed E-state index contributed by atoms with van der Waals surface area (Å²) in [7, 11) is 0. The zero-order valence-electron chi connectivity index (χ0n) is 19.6. The molecule has 2 N–H and O–H groups in total. The summed E-state index contributed by atoms with van der Waals surface area (Å²) in [6.07, 6.45) is 4.56. The molecule has 1 aliphatic carbocycles. The van der Waals surface area contributed by atoms with Gasteiger partial charge in [-0.05, 0) is 44.0 Å². The first-order valence-corrected chi connectivity index (χ1v) is 13.8. The summed E-state index contributed by atoms with van der Waals surface area (Å²) in [4.78, 5) is 11.5. The third-order valence-corrected chi connectivity index (χ3v) is 9.89. The Labute approximate surface area is 212 Å². The molecule has 7 heteroatoms. The van der Waals surface area contributed by atoms with Gasteiger partial charge in [-0.3, -0.25) is 0 Å².